The molecule has 0 bridgehead atoms. The summed E-state index contributed by atoms with van der Waals surface area (Å²) in [4.78, 5) is 27.5. The van der Waals surface area contributed by atoms with Gasteiger partial charge in [-0.25, -0.2) is 4.98 Å². The maximum atomic E-state index is 11.9. The molecule has 1 aromatic heterocycles. The zero-order chi connectivity index (χ0) is 18.2. The molecule has 1 aliphatic heterocycles. The second-order valence-corrected chi connectivity index (χ2v) is 7.22. The largest absolute Gasteiger partial charge is 0.438 e. The molecule has 0 aliphatic carbocycles. The van der Waals surface area contributed by atoms with Crippen LogP contribution in [0.3, 0.4) is 0 Å². The summed E-state index contributed by atoms with van der Waals surface area (Å²) >= 11 is 6.94. The minimum absolute atomic E-state index is 0.161. The Morgan fingerprint density at radius 2 is 2.17 bits per heavy atom. The number of thioether (sulfide) groups is 1. The van der Waals surface area contributed by atoms with Gasteiger partial charge in [0.2, 0.25) is 5.88 Å². The third-order valence-corrected chi connectivity index (χ3v) is 4.94. The summed E-state index contributed by atoms with van der Waals surface area (Å²) in [6, 6.07) is 7.13. The van der Waals surface area contributed by atoms with Crippen molar-refractivity contribution in [1.29, 1.82) is 0 Å². The number of nitrogens with zero attached hydrogens (tertiary/aromatic N) is 1. The first-order valence-corrected chi connectivity index (χ1v) is 8.61. The van der Waals surface area contributed by atoms with Gasteiger partial charge in [0.1, 0.15) is 10.8 Å². The number of aromatic nitrogens is 1. The maximum Gasteiger partial charge on any atom is 0.238 e. The Bertz CT molecular complexity index is 873. The number of Topliss-reactive ketones (excluding diaryl/α,β-unsaturated/α-hetero) is 1. The van der Waals surface area contributed by atoms with E-state index >= 15 is 0 Å². The molecule has 2 aromatic rings. The summed E-state index contributed by atoms with van der Waals surface area (Å²) in [5.41, 5.74) is 2.65. The molecule has 0 amide bonds. The summed E-state index contributed by atoms with van der Waals surface area (Å²) in [5, 5.41) is -1.23. The van der Waals surface area contributed by atoms with Crippen LogP contribution in [0.5, 0.6) is 11.6 Å². The van der Waals surface area contributed by atoms with Crippen LogP contribution in [0.4, 0.5) is 0 Å². The van der Waals surface area contributed by atoms with E-state index in [1.807, 2.05) is 19.9 Å². The predicted octanol–water partition coefficient (Wildman–Crippen LogP) is 4.29. The fraction of sp³-hybridized carbons (Fsp3) is 0.278. The fourth-order valence-electron chi connectivity index (χ4n) is 2.41. The van der Waals surface area contributed by atoms with Crippen molar-refractivity contribution < 1.29 is 15.7 Å². The molecule has 0 radical (unpaired) electrons. The van der Waals surface area contributed by atoms with E-state index in [-0.39, 0.29) is 23.7 Å². The summed E-state index contributed by atoms with van der Waals surface area (Å²) < 4.78 is 14.0. The summed E-state index contributed by atoms with van der Waals surface area (Å²) in [6.07, 6.45) is 1.70. The highest BCUT2D eigenvalue weighted by Gasteiger charge is 2.32. The lowest BCUT2D eigenvalue weighted by molar-refractivity contribution is -0.121. The van der Waals surface area contributed by atoms with Crippen molar-refractivity contribution in [3.05, 3.63) is 52.2 Å². The van der Waals surface area contributed by atoms with E-state index in [1.54, 1.807) is 24.4 Å². The van der Waals surface area contributed by atoms with Crippen LogP contribution in [-0.4, -0.2) is 21.1 Å². The van der Waals surface area contributed by atoms with Gasteiger partial charge >= 0.3 is 0 Å². The van der Waals surface area contributed by atoms with Gasteiger partial charge in [-0.2, -0.15) is 0 Å². The van der Waals surface area contributed by atoms with Gasteiger partial charge in [0, 0.05) is 6.20 Å². The number of pyridine rings is 1. The lowest BCUT2D eigenvalue weighted by Gasteiger charge is -2.12. The smallest absolute Gasteiger partial charge is 0.238 e. The highest BCUT2D eigenvalue weighted by Crippen LogP contribution is 2.31. The van der Waals surface area contributed by atoms with Gasteiger partial charge in [-0.1, -0.05) is 29.4 Å². The predicted molar refractivity (Wildman–Crippen MR) is 95.0 cm³/mol. The molecule has 3 rings (SSSR count). The first-order chi connectivity index (χ1) is 11.8. The molecule has 124 valence electrons. The van der Waals surface area contributed by atoms with Crippen LogP contribution in [0, 0.1) is 13.8 Å². The summed E-state index contributed by atoms with van der Waals surface area (Å²) in [5.74, 6) is 0.557. The van der Waals surface area contributed by atoms with Crippen LogP contribution in [0.1, 0.15) is 24.5 Å². The van der Waals surface area contributed by atoms with Crippen molar-refractivity contribution in [1.82, 2.24) is 4.98 Å². The van der Waals surface area contributed by atoms with E-state index in [9.17, 15) is 9.59 Å². The Labute approximate surface area is 151 Å². The molecule has 2 heterocycles. The normalized spacial score (nSPS) is 21.0. The van der Waals surface area contributed by atoms with Crippen molar-refractivity contribution in [3.63, 3.8) is 0 Å². The molecular weight excluding hydrogens is 346 g/mol. The van der Waals surface area contributed by atoms with Crippen LogP contribution in [0.15, 0.2) is 30.5 Å². The molecule has 1 atom stereocenters. The molecule has 1 aliphatic rings. The Hall–Kier alpha value is -1.85. The van der Waals surface area contributed by atoms with E-state index < -0.39 is 5.23 Å². The SMILES string of the molecule is [2H]C1(Cc2ccc(Oc3ncc(C)cc3Cl)cc2C)SC(=O)CC1=O. The second-order valence-electron chi connectivity index (χ2n) is 5.66. The zero-order valence-electron chi connectivity index (χ0n) is 14.3. The Kier molecular flexibility index (Phi) is 4.54. The van der Waals surface area contributed by atoms with Crippen LogP contribution in [0.25, 0.3) is 0 Å². The molecule has 1 aromatic carbocycles. The molecule has 1 saturated heterocycles. The van der Waals surface area contributed by atoms with Crippen LogP contribution in [-0.2, 0) is 16.0 Å². The molecule has 0 spiro atoms. The molecule has 24 heavy (non-hydrogen) atoms. The lowest BCUT2D eigenvalue weighted by atomic mass is 10.0. The molecule has 0 saturated carbocycles. The van der Waals surface area contributed by atoms with Gasteiger partial charge in [0.05, 0.1) is 13.0 Å². The number of carbonyl (C=O) groups is 2. The number of halogens is 1. The number of hydrogen-bond acceptors (Lipinski definition) is 5. The quantitative estimate of drug-likeness (QED) is 0.759. The first-order valence-electron chi connectivity index (χ1n) is 7.91. The molecule has 4 nitrogen and oxygen atoms in total. The number of hydrogen-bond donors (Lipinski definition) is 0. The number of ether oxygens (including phenoxy) is 1. The third-order valence-electron chi connectivity index (χ3n) is 3.68. The highest BCUT2D eigenvalue weighted by atomic mass is 35.5. The molecule has 1 fully saturated rings. The monoisotopic (exact) mass is 362 g/mol. The van der Waals surface area contributed by atoms with E-state index in [4.69, 9.17) is 17.7 Å². The van der Waals surface area contributed by atoms with Gasteiger partial charge in [-0.05, 0) is 55.2 Å². The van der Waals surface area contributed by atoms with E-state index in [1.165, 1.54) is 0 Å². The standard InChI is InChI=1S/C18H16ClNO3S/c1-10-5-14(19)18(20-9-10)23-13-4-3-12(11(2)6-13)7-16-15(21)8-17(22)24-16/h3-6,9,16H,7-8H2,1-2H3/i16D. The van der Waals surface area contributed by atoms with Gasteiger partial charge in [-0.3, -0.25) is 9.59 Å². The summed E-state index contributed by atoms with van der Waals surface area (Å²) in [7, 11) is 0. The van der Waals surface area contributed by atoms with Gasteiger partial charge in [0.15, 0.2) is 10.9 Å². The van der Waals surface area contributed by atoms with Crippen molar-refractivity contribution in [2.75, 3.05) is 0 Å². The average Bonchev–Trinajstić information content (AvgIpc) is 2.77. The molecule has 1 unspecified atom stereocenters. The van der Waals surface area contributed by atoms with Crippen LogP contribution < -0.4 is 4.74 Å². The number of ketones is 1. The summed E-state index contributed by atoms with van der Waals surface area (Å²) in [6.45, 7) is 3.77. The van der Waals surface area contributed by atoms with E-state index in [0.717, 1.165) is 28.5 Å². The van der Waals surface area contributed by atoms with Crippen molar-refractivity contribution in [3.8, 4) is 11.6 Å². The Morgan fingerprint density at radius 1 is 1.38 bits per heavy atom. The zero-order valence-corrected chi connectivity index (χ0v) is 14.8. The molecular formula is C18H16ClNO3S. The van der Waals surface area contributed by atoms with Crippen molar-refractivity contribution >= 4 is 34.3 Å². The third kappa shape index (κ3) is 3.79. The topological polar surface area (TPSA) is 56.3 Å². The van der Waals surface area contributed by atoms with Crippen molar-refractivity contribution in [2.24, 2.45) is 0 Å². The fourth-order valence-corrected chi connectivity index (χ4v) is 3.56. The first kappa shape index (κ1) is 15.7. The van der Waals surface area contributed by atoms with E-state index in [0.29, 0.717) is 16.7 Å². The minimum Gasteiger partial charge on any atom is -0.438 e. The van der Waals surface area contributed by atoms with E-state index in [2.05, 4.69) is 4.98 Å². The van der Waals surface area contributed by atoms with Gasteiger partial charge in [-0.15, -0.1) is 0 Å². The Balaban J connectivity index is 1.79. The Morgan fingerprint density at radius 3 is 2.79 bits per heavy atom. The van der Waals surface area contributed by atoms with Gasteiger partial charge in [0.25, 0.3) is 0 Å². The lowest BCUT2D eigenvalue weighted by Crippen LogP contribution is -2.14. The molecule has 0 N–H and O–H groups in total. The minimum atomic E-state index is -1.42. The van der Waals surface area contributed by atoms with Crippen LogP contribution in [0.2, 0.25) is 5.02 Å². The molecule has 6 heteroatoms. The van der Waals surface area contributed by atoms with Crippen molar-refractivity contribution in [2.45, 2.75) is 31.9 Å². The highest BCUT2D eigenvalue weighted by molar-refractivity contribution is 8.15. The number of carbonyl (C=O) groups excluding carboxylic acids is 2. The maximum absolute atomic E-state index is 11.9. The number of aryl methyl sites for hydroxylation is 2. The number of benzene rings is 1. The second kappa shape index (κ2) is 6.95. The van der Waals surface area contributed by atoms with Gasteiger partial charge < -0.3 is 4.74 Å². The number of rotatable bonds is 4. The van der Waals surface area contributed by atoms with Crippen LogP contribution >= 0.6 is 23.4 Å². The average molecular weight is 363 g/mol.